The molecule has 1 atom stereocenters. The summed E-state index contributed by atoms with van der Waals surface area (Å²) < 4.78 is 4.82. The van der Waals surface area contributed by atoms with Crippen LogP contribution in [-0.4, -0.2) is 9.13 Å². The molecule has 0 saturated carbocycles. The van der Waals surface area contributed by atoms with E-state index in [9.17, 15) is 0 Å². The van der Waals surface area contributed by atoms with Crippen LogP contribution in [0.4, 0.5) is 0 Å². The van der Waals surface area contributed by atoms with Crippen LogP contribution in [0.3, 0.4) is 0 Å². The molecule has 0 N–H and O–H groups in total. The predicted octanol–water partition coefficient (Wildman–Crippen LogP) is 9.48. The number of rotatable bonds is 3. The highest BCUT2D eigenvalue weighted by atomic mass is 15.0. The van der Waals surface area contributed by atoms with Gasteiger partial charge in [0.15, 0.2) is 0 Å². The molecule has 5 aromatic carbocycles. The molecule has 7 aromatic rings. The van der Waals surface area contributed by atoms with Crippen molar-refractivity contribution in [1.82, 2.24) is 9.13 Å². The van der Waals surface area contributed by atoms with E-state index in [0.717, 1.165) is 6.42 Å². The minimum Gasteiger partial charge on any atom is -0.309 e. The van der Waals surface area contributed by atoms with Gasteiger partial charge in [0.05, 0.1) is 22.1 Å². The van der Waals surface area contributed by atoms with Crippen molar-refractivity contribution in [2.24, 2.45) is 0 Å². The first-order chi connectivity index (χ1) is 18.9. The van der Waals surface area contributed by atoms with Crippen molar-refractivity contribution in [2.45, 2.75) is 12.3 Å². The molecular formula is C36H26N2. The minimum atomic E-state index is 0.453. The molecule has 2 nitrogen and oxygen atoms in total. The van der Waals surface area contributed by atoms with E-state index < -0.39 is 0 Å². The molecule has 38 heavy (non-hydrogen) atoms. The molecule has 1 aliphatic carbocycles. The first-order valence-electron chi connectivity index (χ1n) is 13.3. The van der Waals surface area contributed by atoms with Crippen molar-refractivity contribution < 1.29 is 0 Å². The molecule has 0 radical (unpaired) electrons. The Morgan fingerprint density at radius 3 is 1.58 bits per heavy atom. The third-order valence-corrected chi connectivity index (χ3v) is 8.06. The lowest BCUT2D eigenvalue weighted by Crippen LogP contribution is -1.99. The van der Waals surface area contributed by atoms with Crippen LogP contribution >= 0.6 is 0 Å². The Morgan fingerprint density at radius 1 is 0.474 bits per heavy atom. The van der Waals surface area contributed by atoms with Crippen molar-refractivity contribution in [2.75, 3.05) is 0 Å². The van der Waals surface area contributed by atoms with Gasteiger partial charge in [-0.25, -0.2) is 0 Å². The van der Waals surface area contributed by atoms with Gasteiger partial charge in [0, 0.05) is 38.8 Å². The highest BCUT2D eigenvalue weighted by Gasteiger charge is 2.16. The molecule has 2 heterocycles. The molecule has 1 aliphatic rings. The van der Waals surface area contributed by atoms with Crippen LogP contribution in [0.5, 0.6) is 0 Å². The summed E-state index contributed by atoms with van der Waals surface area (Å²) in [6, 6.07) is 42.2. The summed E-state index contributed by atoms with van der Waals surface area (Å²) >= 11 is 0. The van der Waals surface area contributed by atoms with Crippen LogP contribution in [0, 0.1) is 0 Å². The zero-order chi connectivity index (χ0) is 25.1. The minimum absolute atomic E-state index is 0.453. The SMILES string of the molecule is C1=CCC(c2ccc(-n3c4ccccc4c4ccc(-n5c6ccccc6c6ccccc65)cc43)cc2)C=C1. The number of aromatic nitrogens is 2. The Kier molecular flexibility index (Phi) is 4.68. The number of nitrogens with zero attached hydrogens (tertiary/aromatic N) is 2. The van der Waals surface area contributed by atoms with E-state index in [0.29, 0.717) is 5.92 Å². The molecule has 0 amide bonds. The predicted molar refractivity (Wildman–Crippen MR) is 161 cm³/mol. The third-order valence-electron chi connectivity index (χ3n) is 8.06. The Morgan fingerprint density at radius 2 is 1.00 bits per heavy atom. The van der Waals surface area contributed by atoms with Gasteiger partial charge in [-0.2, -0.15) is 0 Å². The monoisotopic (exact) mass is 486 g/mol. The zero-order valence-corrected chi connectivity index (χ0v) is 21.0. The first-order valence-corrected chi connectivity index (χ1v) is 13.3. The van der Waals surface area contributed by atoms with Gasteiger partial charge >= 0.3 is 0 Å². The summed E-state index contributed by atoms with van der Waals surface area (Å²) in [7, 11) is 0. The summed E-state index contributed by atoms with van der Waals surface area (Å²) in [4.78, 5) is 0. The van der Waals surface area contributed by atoms with E-state index in [1.165, 1.54) is 60.5 Å². The number of hydrogen-bond acceptors (Lipinski definition) is 0. The van der Waals surface area contributed by atoms with E-state index in [2.05, 4.69) is 149 Å². The largest absolute Gasteiger partial charge is 0.309 e. The summed E-state index contributed by atoms with van der Waals surface area (Å²) in [5.41, 5.74) is 8.64. The van der Waals surface area contributed by atoms with Gasteiger partial charge < -0.3 is 9.13 Å². The fraction of sp³-hybridized carbons (Fsp3) is 0.0556. The number of para-hydroxylation sites is 3. The van der Waals surface area contributed by atoms with Crippen molar-refractivity contribution in [3.8, 4) is 11.4 Å². The maximum atomic E-state index is 2.42. The molecule has 0 saturated heterocycles. The highest BCUT2D eigenvalue weighted by molar-refractivity contribution is 6.11. The quantitative estimate of drug-likeness (QED) is 0.235. The van der Waals surface area contributed by atoms with Crippen molar-refractivity contribution >= 4 is 43.6 Å². The second-order valence-corrected chi connectivity index (χ2v) is 10.2. The average molecular weight is 487 g/mol. The van der Waals surface area contributed by atoms with Crippen LogP contribution in [0.1, 0.15) is 17.9 Å². The molecule has 180 valence electrons. The highest BCUT2D eigenvalue weighted by Crippen LogP contribution is 2.37. The average Bonchev–Trinajstić information content (AvgIpc) is 3.50. The topological polar surface area (TPSA) is 9.86 Å². The molecule has 1 unspecified atom stereocenters. The van der Waals surface area contributed by atoms with Gasteiger partial charge in [-0.1, -0.05) is 97.1 Å². The van der Waals surface area contributed by atoms with Crippen LogP contribution in [0.25, 0.3) is 55.0 Å². The Bertz CT molecular complexity index is 1990. The van der Waals surface area contributed by atoms with Gasteiger partial charge in [0.1, 0.15) is 0 Å². The Balaban J connectivity index is 1.37. The van der Waals surface area contributed by atoms with Crippen LogP contribution < -0.4 is 0 Å². The lowest BCUT2D eigenvalue weighted by molar-refractivity contribution is 0.853. The summed E-state index contributed by atoms with van der Waals surface area (Å²) in [5, 5.41) is 5.12. The number of benzene rings is 5. The lowest BCUT2D eigenvalue weighted by Gasteiger charge is -2.15. The normalized spacial score (nSPS) is 15.3. The molecule has 0 bridgehead atoms. The summed E-state index contributed by atoms with van der Waals surface area (Å²) in [5.74, 6) is 0.453. The summed E-state index contributed by atoms with van der Waals surface area (Å²) in [6.45, 7) is 0. The molecule has 2 aromatic heterocycles. The van der Waals surface area contributed by atoms with Gasteiger partial charge in [0.25, 0.3) is 0 Å². The van der Waals surface area contributed by atoms with Crippen molar-refractivity contribution in [3.05, 3.63) is 145 Å². The van der Waals surface area contributed by atoms with E-state index in [1.807, 2.05) is 0 Å². The van der Waals surface area contributed by atoms with Crippen molar-refractivity contribution in [1.29, 1.82) is 0 Å². The molecule has 0 spiro atoms. The van der Waals surface area contributed by atoms with E-state index >= 15 is 0 Å². The van der Waals surface area contributed by atoms with Gasteiger partial charge in [-0.15, -0.1) is 0 Å². The van der Waals surface area contributed by atoms with Crippen LogP contribution in [0.15, 0.2) is 140 Å². The molecular weight excluding hydrogens is 460 g/mol. The maximum absolute atomic E-state index is 2.42. The molecule has 2 heteroatoms. The first kappa shape index (κ1) is 21.3. The fourth-order valence-electron chi connectivity index (χ4n) is 6.28. The third kappa shape index (κ3) is 3.13. The second-order valence-electron chi connectivity index (χ2n) is 10.2. The lowest BCUT2D eigenvalue weighted by atomic mass is 9.92. The van der Waals surface area contributed by atoms with E-state index in [4.69, 9.17) is 0 Å². The molecule has 0 fully saturated rings. The molecule has 0 aliphatic heterocycles. The van der Waals surface area contributed by atoms with Crippen LogP contribution in [-0.2, 0) is 0 Å². The molecule has 8 rings (SSSR count). The summed E-state index contributed by atoms with van der Waals surface area (Å²) in [6.07, 6.45) is 9.91. The second kappa shape index (κ2) is 8.36. The van der Waals surface area contributed by atoms with Crippen LogP contribution in [0.2, 0.25) is 0 Å². The maximum Gasteiger partial charge on any atom is 0.0561 e. The Labute approximate surface area is 221 Å². The number of fused-ring (bicyclic) bond motifs is 6. The van der Waals surface area contributed by atoms with E-state index in [1.54, 1.807) is 0 Å². The Hall–Kier alpha value is -4.82. The standard InChI is InChI=1S/C36H26N2/c1-2-10-25(11-3-1)26-18-20-27(21-19-26)37-33-15-7-6-14-31(33)32-23-22-28(24-36(32)37)38-34-16-8-4-12-29(34)30-13-5-9-17-35(30)38/h1-10,12-25H,11H2. The number of allylic oxidation sites excluding steroid dienone is 4. The number of hydrogen-bond donors (Lipinski definition) is 0. The smallest absolute Gasteiger partial charge is 0.0561 e. The van der Waals surface area contributed by atoms with Crippen molar-refractivity contribution in [3.63, 3.8) is 0 Å². The zero-order valence-electron chi connectivity index (χ0n) is 21.0. The van der Waals surface area contributed by atoms with Gasteiger partial charge in [0.2, 0.25) is 0 Å². The van der Waals surface area contributed by atoms with Gasteiger partial charge in [-0.3, -0.25) is 0 Å². The van der Waals surface area contributed by atoms with Gasteiger partial charge in [-0.05, 0) is 54.4 Å². The fourth-order valence-corrected chi connectivity index (χ4v) is 6.28. The van der Waals surface area contributed by atoms with E-state index in [-0.39, 0.29) is 0 Å².